The van der Waals surface area contributed by atoms with E-state index in [9.17, 15) is 0 Å². The zero-order chi connectivity index (χ0) is 9.10. The van der Waals surface area contributed by atoms with Gasteiger partial charge < -0.3 is 5.32 Å². The molecule has 13 heavy (non-hydrogen) atoms. The van der Waals surface area contributed by atoms with E-state index in [1.54, 1.807) is 18.6 Å². The Bertz CT molecular complexity index is 386. The molecular weight excluding hydrogens is 190 g/mol. The Morgan fingerprint density at radius 2 is 2.23 bits per heavy atom. The van der Waals surface area contributed by atoms with Gasteiger partial charge in [0.05, 0.1) is 24.3 Å². The van der Waals surface area contributed by atoms with Crippen LogP contribution in [0, 0.1) is 0 Å². The molecule has 66 valence electrons. The van der Waals surface area contributed by atoms with Crippen LogP contribution in [0.1, 0.15) is 0 Å². The van der Waals surface area contributed by atoms with Gasteiger partial charge in [-0.15, -0.1) is 0 Å². The summed E-state index contributed by atoms with van der Waals surface area (Å²) in [5.74, 6) is 0.592. The molecule has 0 aromatic carbocycles. The van der Waals surface area contributed by atoms with Gasteiger partial charge in [0.2, 0.25) is 0 Å². The first kappa shape index (κ1) is 8.00. The molecule has 0 saturated carbocycles. The van der Waals surface area contributed by atoms with Crippen LogP contribution in [0.25, 0.3) is 0 Å². The van der Waals surface area contributed by atoms with Crippen LogP contribution < -0.4 is 5.32 Å². The fourth-order valence-electron chi connectivity index (χ4n) is 0.870. The predicted molar refractivity (Wildman–Crippen MR) is 48.9 cm³/mol. The topological polar surface area (TPSA) is 66.5 Å². The maximum Gasteiger partial charge on any atom is 0.150 e. The summed E-state index contributed by atoms with van der Waals surface area (Å²) in [5.41, 5.74) is 0.816. The minimum Gasteiger partial charge on any atom is -0.336 e. The fraction of sp³-hybridized carbons (Fsp3) is 0. The lowest BCUT2D eigenvalue weighted by atomic mass is 10.5. The standard InChI is InChI=1S/C7H6ClN5/c8-6-3-9-4-7(13-6)12-5-1-10-11-2-5/h1-4H,(H,10,11)(H,12,13). The summed E-state index contributed by atoms with van der Waals surface area (Å²) >= 11 is 5.65. The Hall–Kier alpha value is -1.62. The number of rotatable bonds is 2. The third-order valence-electron chi connectivity index (χ3n) is 1.38. The van der Waals surface area contributed by atoms with Crippen molar-refractivity contribution < 1.29 is 0 Å². The van der Waals surface area contributed by atoms with Crippen molar-refractivity contribution in [3.05, 3.63) is 29.9 Å². The van der Waals surface area contributed by atoms with Gasteiger partial charge in [-0.3, -0.25) is 10.1 Å². The average molecular weight is 196 g/mol. The largest absolute Gasteiger partial charge is 0.336 e. The van der Waals surface area contributed by atoms with Crippen LogP contribution >= 0.6 is 11.6 Å². The second-order valence-electron chi connectivity index (χ2n) is 2.34. The van der Waals surface area contributed by atoms with Crippen molar-refractivity contribution in [1.82, 2.24) is 20.2 Å². The van der Waals surface area contributed by atoms with Crippen LogP contribution in [0.2, 0.25) is 5.15 Å². The smallest absolute Gasteiger partial charge is 0.150 e. The molecule has 2 heterocycles. The second kappa shape index (κ2) is 3.40. The van der Waals surface area contributed by atoms with Gasteiger partial charge in [-0.25, -0.2) is 4.98 Å². The van der Waals surface area contributed by atoms with Crippen molar-refractivity contribution in [3.63, 3.8) is 0 Å². The number of halogens is 1. The van der Waals surface area contributed by atoms with Crippen molar-refractivity contribution in [2.24, 2.45) is 0 Å². The van der Waals surface area contributed by atoms with E-state index in [0.29, 0.717) is 11.0 Å². The second-order valence-corrected chi connectivity index (χ2v) is 2.73. The number of nitrogens with one attached hydrogen (secondary N) is 2. The Morgan fingerprint density at radius 3 is 2.92 bits per heavy atom. The molecule has 0 aliphatic carbocycles. The molecule has 2 aromatic rings. The number of hydrogen-bond acceptors (Lipinski definition) is 4. The summed E-state index contributed by atoms with van der Waals surface area (Å²) in [7, 11) is 0. The van der Waals surface area contributed by atoms with Crippen LogP contribution in [0.15, 0.2) is 24.8 Å². The summed E-state index contributed by atoms with van der Waals surface area (Å²) in [5, 5.41) is 9.77. The molecule has 0 spiro atoms. The third-order valence-corrected chi connectivity index (χ3v) is 1.56. The number of nitrogens with zero attached hydrogens (tertiary/aromatic N) is 3. The molecule has 0 bridgehead atoms. The quantitative estimate of drug-likeness (QED) is 0.764. The molecule has 0 unspecified atom stereocenters. The minimum atomic E-state index is 0.355. The number of aromatic nitrogens is 4. The lowest BCUT2D eigenvalue weighted by molar-refractivity contribution is 1.09. The normalized spacial score (nSPS) is 9.92. The molecular formula is C7H6ClN5. The van der Waals surface area contributed by atoms with E-state index in [1.807, 2.05) is 0 Å². The van der Waals surface area contributed by atoms with Gasteiger partial charge in [-0.05, 0) is 0 Å². The van der Waals surface area contributed by atoms with Crippen molar-refractivity contribution in [2.45, 2.75) is 0 Å². The van der Waals surface area contributed by atoms with E-state index < -0.39 is 0 Å². The van der Waals surface area contributed by atoms with E-state index in [-0.39, 0.29) is 0 Å². The first-order valence-corrected chi connectivity index (χ1v) is 3.96. The van der Waals surface area contributed by atoms with Crippen LogP contribution in [0.3, 0.4) is 0 Å². The Balaban J connectivity index is 2.19. The molecule has 0 radical (unpaired) electrons. The van der Waals surface area contributed by atoms with Crippen molar-refractivity contribution in [2.75, 3.05) is 5.32 Å². The van der Waals surface area contributed by atoms with E-state index in [0.717, 1.165) is 5.69 Å². The number of aromatic amines is 1. The lowest BCUT2D eigenvalue weighted by Crippen LogP contribution is -1.92. The monoisotopic (exact) mass is 195 g/mol. The molecule has 2 aromatic heterocycles. The summed E-state index contributed by atoms with van der Waals surface area (Å²) in [6.07, 6.45) is 6.41. The van der Waals surface area contributed by atoms with Crippen LogP contribution in [0.4, 0.5) is 11.5 Å². The van der Waals surface area contributed by atoms with Gasteiger partial charge in [-0.2, -0.15) is 5.10 Å². The van der Waals surface area contributed by atoms with Crippen LogP contribution in [-0.4, -0.2) is 20.2 Å². The summed E-state index contributed by atoms with van der Waals surface area (Å²) in [6, 6.07) is 0. The molecule has 5 nitrogen and oxygen atoms in total. The highest BCUT2D eigenvalue weighted by Crippen LogP contribution is 2.12. The molecule has 6 heteroatoms. The van der Waals surface area contributed by atoms with E-state index >= 15 is 0 Å². The van der Waals surface area contributed by atoms with E-state index in [2.05, 4.69) is 25.5 Å². The van der Waals surface area contributed by atoms with E-state index in [4.69, 9.17) is 11.6 Å². The molecule has 0 fully saturated rings. The predicted octanol–water partition coefficient (Wildman–Crippen LogP) is 1.60. The maximum absolute atomic E-state index is 5.65. The van der Waals surface area contributed by atoms with Crippen molar-refractivity contribution in [1.29, 1.82) is 0 Å². The van der Waals surface area contributed by atoms with Gasteiger partial charge >= 0.3 is 0 Å². The summed E-state index contributed by atoms with van der Waals surface area (Å²) in [4.78, 5) is 7.88. The molecule has 2 rings (SSSR count). The van der Waals surface area contributed by atoms with Gasteiger partial charge in [0, 0.05) is 6.20 Å². The minimum absolute atomic E-state index is 0.355. The van der Waals surface area contributed by atoms with E-state index in [1.165, 1.54) is 6.20 Å². The molecule has 0 saturated heterocycles. The van der Waals surface area contributed by atoms with Gasteiger partial charge in [0.1, 0.15) is 5.15 Å². The van der Waals surface area contributed by atoms with Crippen molar-refractivity contribution >= 4 is 23.1 Å². The summed E-state index contributed by atoms with van der Waals surface area (Å²) < 4.78 is 0. The molecule has 0 atom stereocenters. The van der Waals surface area contributed by atoms with Crippen molar-refractivity contribution in [3.8, 4) is 0 Å². The summed E-state index contributed by atoms with van der Waals surface area (Å²) in [6.45, 7) is 0. The van der Waals surface area contributed by atoms with Gasteiger partial charge in [0.15, 0.2) is 5.82 Å². The molecule has 0 amide bonds. The molecule has 0 aliphatic heterocycles. The first-order valence-electron chi connectivity index (χ1n) is 3.58. The lowest BCUT2D eigenvalue weighted by Gasteiger charge is -2.00. The molecule has 2 N–H and O–H groups in total. The Labute approximate surface area is 79.2 Å². The maximum atomic E-state index is 5.65. The van der Waals surface area contributed by atoms with Gasteiger partial charge in [0.25, 0.3) is 0 Å². The Morgan fingerprint density at radius 1 is 1.31 bits per heavy atom. The highest BCUT2D eigenvalue weighted by Gasteiger charge is 1.97. The third kappa shape index (κ3) is 1.94. The van der Waals surface area contributed by atoms with Crippen LogP contribution in [0.5, 0.6) is 0 Å². The average Bonchev–Trinajstić information content (AvgIpc) is 2.57. The highest BCUT2D eigenvalue weighted by atomic mass is 35.5. The highest BCUT2D eigenvalue weighted by molar-refractivity contribution is 6.29. The zero-order valence-corrected chi connectivity index (χ0v) is 7.28. The number of H-pyrrole nitrogens is 1. The zero-order valence-electron chi connectivity index (χ0n) is 6.53. The number of anilines is 2. The number of hydrogen-bond donors (Lipinski definition) is 2. The van der Waals surface area contributed by atoms with Gasteiger partial charge in [-0.1, -0.05) is 11.6 Å². The van der Waals surface area contributed by atoms with Crippen LogP contribution in [-0.2, 0) is 0 Å². The SMILES string of the molecule is Clc1cncc(Nc2cn[nH]c2)n1. The molecule has 0 aliphatic rings. The first-order chi connectivity index (χ1) is 6.34. The Kier molecular flexibility index (Phi) is 2.09. The fourth-order valence-corrected chi connectivity index (χ4v) is 1.02.